The molecule has 5 nitrogen and oxygen atoms in total. The fourth-order valence-electron chi connectivity index (χ4n) is 1.14. The van der Waals surface area contributed by atoms with Crippen molar-refractivity contribution in [1.29, 1.82) is 0 Å². The maximum Gasteiger partial charge on any atom is 0.261 e. The maximum atomic E-state index is 11.4. The van der Waals surface area contributed by atoms with Crippen molar-refractivity contribution < 1.29 is 17.9 Å². The third-order valence-corrected chi connectivity index (χ3v) is 3.34. The van der Waals surface area contributed by atoms with Gasteiger partial charge in [0.1, 0.15) is 6.61 Å². The largest absolute Gasteiger partial charge is 0.369 e. The molecule has 1 amide bonds. The lowest BCUT2D eigenvalue weighted by molar-refractivity contribution is -0.121. The van der Waals surface area contributed by atoms with E-state index in [1.807, 2.05) is 13.8 Å². The Balaban J connectivity index is 2.62. The molecule has 1 rings (SSSR count). The third-order valence-electron chi connectivity index (χ3n) is 1.97. The monoisotopic (exact) mass is 291 g/mol. The number of hydrogen-bond acceptors (Lipinski definition) is 4. The predicted octanol–water partition coefficient (Wildman–Crippen LogP) is 1.98. The van der Waals surface area contributed by atoms with Crippen LogP contribution < -0.4 is 5.32 Å². The molecule has 0 atom stereocenters. The van der Waals surface area contributed by atoms with Crippen molar-refractivity contribution in [2.24, 2.45) is 0 Å². The Morgan fingerprint density at radius 3 is 2.33 bits per heavy atom. The summed E-state index contributed by atoms with van der Waals surface area (Å²) in [5, 5.41) is 2.57. The van der Waals surface area contributed by atoms with Gasteiger partial charge in [-0.3, -0.25) is 4.79 Å². The second-order valence-corrected chi connectivity index (χ2v) is 6.44. The molecule has 0 aliphatic heterocycles. The molecule has 0 aromatic heterocycles. The van der Waals surface area contributed by atoms with Gasteiger partial charge in [0.2, 0.25) is 5.91 Å². The van der Waals surface area contributed by atoms with Gasteiger partial charge in [-0.2, -0.15) is 0 Å². The zero-order chi connectivity index (χ0) is 13.8. The smallest absolute Gasteiger partial charge is 0.261 e. The van der Waals surface area contributed by atoms with E-state index in [1.165, 1.54) is 24.3 Å². The predicted molar refractivity (Wildman–Crippen MR) is 69.2 cm³/mol. The van der Waals surface area contributed by atoms with Crippen LogP contribution in [0.3, 0.4) is 0 Å². The highest BCUT2D eigenvalue weighted by Gasteiger charge is 2.10. The second kappa shape index (κ2) is 6.17. The molecule has 1 aromatic carbocycles. The van der Waals surface area contributed by atoms with Crippen molar-refractivity contribution in [2.45, 2.75) is 24.8 Å². The van der Waals surface area contributed by atoms with E-state index in [0.29, 0.717) is 5.69 Å². The molecule has 0 aliphatic carbocycles. The number of anilines is 1. The molecule has 100 valence electrons. The minimum absolute atomic E-state index is 0.0133. The molecular formula is C11H14ClNO4S. The van der Waals surface area contributed by atoms with Crippen molar-refractivity contribution in [3.8, 4) is 0 Å². The van der Waals surface area contributed by atoms with Crippen LogP contribution in [0.2, 0.25) is 0 Å². The van der Waals surface area contributed by atoms with E-state index in [0.717, 1.165) is 0 Å². The Labute approximate surface area is 111 Å². The summed E-state index contributed by atoms with van der Waals surface area (Å²) in [6.45, 7) is 3.61. The number of amides is 1. The lowest BCUT2D eigenvalue weighted by atomic mass is 10.3. The Hall–Kier alpha value is -1.11. The summed E-state index contributed by atoms with van der Waals surface area (Å²) in [6.07, 6.45) is -0.0282. The van der Waals surface area contributed by atoms with E-state index < -0.39 is 9.05 Å². The Kier molecular flexibility index (Phi) is 5.13. The van der Waals surface area contributed by atoms with Gasteiger partial charge in [0.25, 0.3) is 9.05 Å². The molecule has 0 unspecified atom stereocenters. The summed E-state index contributed by atoms with van der Waals surface area (Å²) in [5.41, 5.74) is 0.483. The van der Waals surface area contributed by atoms with Crippen LogP contribution in [-0.4, -0.2) is 27.0 Å². The van der Waals surface area contributed by atoms with Gasteiger partial charge in [0, 0.05) is 16.4 Å². The first-order valence-corrected chi connectivity index (χ1v) is 7.56. The van der Waals surface area contributed by atoms with Crippen molar-refractivity contribution in [2.75, 3.05) is 11.9 Å². The average molecular weight is 292 g/mol. The van der Waals surface area contributed by atoms with Gasteiger partial charge in [-0.15, -0.1) is 0 Å². The van der Waals surface area contributed by atoms with Crippen molar-refractivity contribution >= 4 is 31.3 Å². The fourth-order valence-corrected chi connectivity index (χ4v) is 1.91. The van der Waals surface area contributed by atoms with Crippen LogP contribution in [0.1, 0.15) is 13.8 Å². The van der Waals surface area contributed by atoms with E-state index in [2.05, 4.69) is 5.32 Å². The second-order valence-electron chi connectivity index (χ2n) is 3.87. The molecule has 18 heavy (non-hydrogen) atoms. The van der Waals surface area contributed by atoms with Gasteiger partial charge < -0.3 is 10.1 Å². The van der Waals surface area contributed by atoms with Crippen LogP contribution in [-0.2, 0) is 18.6 Å². The third kappa shape index (κ3) is 5.03. The number of ether oxygens (including phenoxy) is 1. The summed E-state index contributed by atoms with van der Waals surface area (Å²) in [4.78, 5) is 11.4. The lowest BCUT2D eigenvalue weighted by Gasteiger charge is -2.08. The van der Waals surface area contributed by atoms with Gasteiger partial charge in [-0.05, 0) is 38.1 Å². The van der Waals surface area contributed by atoms with E-state index >= 15 is 0 Å². The Bertz CT molecular complexity index is 510. The van der Waals surface area contributed by atoms with Gasteiger partial charge in [-0.25, -0.2) is 8.42 Å². The summed E-state index contributed by atoms with van der Waals surface area (Å²) in [6, 6.07) is 5.56. The van der Waals surface area contributed by atoms with E-state index in [9.17, 15) is 13.2 Å². The minimum atomic E-state index is -3.73. The number of carbonyl (C=O) groups excluding carboxylic acids is 1. The molecule has 0 aliphatic rings. The molecule has 0 saturated carbocycles. The average Bonchev–Trinajstić information content (AvgIpc) is 2.26. The van der Waals surface area contributed by atoms with Crippen LogP contribution in [0, 0.1) is 0 Å². The molecule has 0 radical (unpaired) electrons. The molecule has 1 aromatic rings. The number of carbonyl (C=O) groups is 1. The summed E-state index contributed by atoms with van der Waals surface area (Å²) in [5.74, 6) is -0.301. The molecule has 0 spiro atoms. The molecular weight excluding hydrogens is 278 g/mol. The van der Waals surface area contributed by atoms with E-state index in [-0.39, 0.29) is 23.5 Å². The van der Waals surface area contributed by atoms with E-state index in [4.69, 9.17) is 15.4 Å². The number of benzene rings is 1. The highest BCUT2D eigenvalue weighted by molar-refractivity contribution is 8.13. The topological polar surface area (TPSA) is 72.5 Å². The van der Waals surface area contributed by atoms with Crippen molar-refractivity contribution in [3.05, 3.63) is 24.3 Å². The first-order chi connectivity index (χ1) is 8.29. The van der Waals surface area contributed by atoms with Gasteiger partial charge in [0.15, 0.2) is 0 Å². The minimum Gasteiger partial charge on any atom is -0.369 e. The summed E-state index contributed by atoms with van der Waals surface area (Å²) >= 11 is 0. The molecule has 0 bridgehead atoms. The molecule has 0 fully saturated rings. The molecule has 0 heterocycles. The van der Waals surface area contributed by atoms with Crippen LogP contribution in [0.25, 0.3) is 0 Å². The first-order valence-electron chi connectivity index (χ1n) is 5.25. The highest BCUT2D eigenvalue weighted by Crippen LogP contribution is 2.17. The van der Waals surface area contributed by atoms with Gasteiger partial charge >= 0.3 is 0 Å². The highest BCUT2D eigenvalue weighted by atomic mass is 35.7. The molecule has 0 saturated heterocycles. The number of halogens is 1. The number of rotatable bonds is 5. The zero-order valence-corrected chi connectivity index (χ0v) is 11.6. The van der Waals surface area contributed by atoms with Crippen LogP contribution in [0.5, 0.6) is 0 Å². The van der Waals surface area contributed by atoms with E-state index in [1.54, 1.807) is 0 Å². The zero-order valence-electron chi connectivity index (χ0n) is 10.0. The van der Waals surface area contributed by atoms with Crippen LogP contribution in [0.15, 0.2) is 29.2 Å². The first kappa shape index (κ1) is 14.9. The normalized spacial score (nSPS) is 11.6. The molecule has 1 N–H and O–H groups in total. The summed E-state index contributed by atoms with van der Waals surface area (Å²) in [7, 11) is 1.43. The Morgan fingerprint density at radius 1 is 1.33 bits per heavy atom. The van der Waals surface area contributed by atoms with Crippen molar-refractivity contribution in [1.82, 2.24) is 0 Å². The van der Waals surface area contributed by atoms with Gasteiger partial charge in [-0.1, -0.05) is 0 Å². The van der Waals surface area contributed by atoms with Crippen LogP contribution >= 0.6 is 10.7 Å². The number of hydrogen-bond donors (Lipinski definition) is 1. The Morgan fingerprint density at radius 2 is 1.89 bits per heavy atom. The lowest BCUT2D eigenvalue weighted by Crippen LogP contribution is -2.20. The van der Waals surface area contributed by atoms with Gasteiger partial charge in [0.05, 0.1) is 11.0 Å². The summed E-state index contributed by atoms with van der Waals surface area (Å²) < 4.78 is 27.1. The maximum absolute atomic E-state index is 11.4. The standard InChI is InChI=1S/C11H14ClNO4S/c1-8(2)17-7-11(14)13-9-3-5-10(6-4-9)18(12,15)16/h3-6,8H,7H2,1-2H3,(H,13,14). The fraction of sp³-hybridized carbons (Fsp3) is 0.364. The van der Waals surface area contributed by atoms with Crippen molar-refractivity contribution in [3.63, 3.8) is 0 Å². The van der Waals surface area contributed by atoms with Crippen LogP contribution in [0.4, 0.5) is 5.69 Å². The number of nitrogens with one attached hydrogen (secondary N) is 1. The quantitative estimate of drug-likeness (QED) is 0.842. The molecule has 7 heteroatoms. The SMILES string of the molecule is CC(C)OCC(=O)Nc1ccc(S(=O)(=O)Cl)cc1.